The van der Waals surface area contributed by atoms with Crippen LogP contribution in [-0.4, -0.2) is 40.0 Å². The van der Waals surface area contributed by atoms with Gasteiger partial charge in [-0.2, -0.15) is 0 Å². The molecule has 1 aliphatic rings. The van der Waals surface area contributed by atoms with Gasteiger partial charge in [0, 0.05) is 6.04 Å². The molecule has 1 heterocycles. The zero-order valence-electron chi connectivity index (χ0n) is 9.32. The quantitative estimate of drug-likeness (QED) is 0.428. The molecule has 0 radical (unpaired) electrons. The van der Waals surface area contributed by atoms with Crippen molar-refractivity contribution in [3.8, 4) is 0 Å². The minimum absolute atomic E-state index is 0.0249. The van der Waals surface area contributed by atoms with Gasteiger partial charge in [0.2, 0.25) is 5.60 Å². The molecule has 5 heteroatoms. The van der Waals surface area contributed by atoms with Crippen LogP contribution in [0.15, 0.2) is 0 Å². The second-order valence-electron chi connectivity index (χ2n) is 4.12. The molecule has 1 aliphatic heterocycles. The van der Waals surface area contributed by atoms with E-state index in [1.165, 1.54) is 4.90 Å². The molecule has 1 atom stereocenters. The Morgan fingerprint density at radius 2 is 2.13 bits per heavy atom. The van der Waals surface area contributed by atoms with Crippen molar-refractivity contribution in [2.75, 3.05) is 6.54 Å². The first-order valence-corrected chi connectivity index (χ1v) is 5.16. The first-order valence-electron chi connectivity index (χ1n) is 5.16. The third-order valence-electron chi connectivity index (χ3n) is 2.75. The summed E-state index contributed by atoms with van der Waals surface area (Å²) in [4.78, 5) is 29.2. The Bertz CT molecular complexity index is 277. The summed E-state index contributed by atoms with van der Waals surface area (Å²) in [6.07, 6.45) is 0.828. The van der Waals surface area contributed by atoms with Crippen LogP contribution >= 0.6 is 0 Å². The number of likely N-dealkylation sites (tertiary alicyclic amines) is 1. The summed E-state index contributed by atoms with van der Waals surface area (Å²) in [6, 6.07) is -0.0599. The fourth-order valence-electron chi connectivity index (χ4n) is 1.86. The summed E-state index contributed by atoms with van der Waals surface area (Å²) in [6.45, 7) is 5.51. The number of rotatable bonds is 4. The lowest BCUT2D eigenvalue weighted by atomic mass is 9.95. The normalized spacial score (nSPS) is 26.9. The van der Waals surface area contributed by atoms with E-state index >= 15 is 0 Å². The van der Waals surface area contributed by atoms with E-state index in [2.05, 4.69) is 4.89 Å². The Hall–Kier alpha value is -0.940. The van der Waals surface area contributed by atoms with E-state index in [4.69, 9.17) is 5.26 Å². The van der Waals surface area contributed by atoms with Crippen LogP contribution < -0.4 is 0 Å². The molecule has 1 fully saturated rings. The molecule has 86 valence electrons. The smallest absolute Gasteiger partial charge is 0.266 e. The highest BCUT2D eigenvalue weighted by molar-refractivity contribution is 6.15. The second-order valence-corrected chi connectivity index (χ2v) is 4.12. The Morgan fingerprint density at radius 1 is 1.53 bits per heavy atom. The van der Waals surface area contributed by atoms with Gasteiger partial charge in [0.1, 0.15) is 0 Å². The van der Waals surface area contributed by atoms with Crippen LogP contribution in [0.2, 0.25) is 0 Å². The van der Waals surface area contributed by atoms with Crippen LogP contribution in [0.1, 0.15) is 33.6 Å². The van der Waals surface area contributed by atoms with Gasteiger partial charge in [0.05, 0.1) is 6.54 Å². The summed E-state index contributed by atoms with van der Waals surface area (Å²) >= 11 is 0. The van der Waals surface area contributed by atoms with Gasteiger partial charge in [0.25, 0.3) is 5.91 Å². The van der Waals surface area contributed by atoms with Crippen molar-refractivity contribution in [2.24, 2.45) is 0 Å². The van der Waals surface area contributed by atoms with Crippen molar-refractivity contribution in [2.45, 2.75) is 45.3 Å². The molecule has 5 nitrogen and oxygen atoms in total. The van der Waals surface area contributed by atoms with Crippen molar-refractivity contribution in [1.82, 2.24) is 4.90 Å². The second kappa shape index (κ2) is 4.28. The number of hydrogen-bond acceptors (Lipinski definition) is 4. The average molecular weight is 215 g/mol. The van der Waals surface area contributed by atoms with Crippen molar-refractivity contribution in [3.05, 3.63) is 0 Å². The third-order valence-corrected chi connectivity index (χ3v) is 2.75. The van der Waals surface area contributed by atoms with Crippen molar-refractivity contribution >= 4 is 11.7 Å². The highest BCUT2D eigenvalue weighted by Crippen LogP contribution is 2.29. The standard InChI is InChI=1S/C10H17NO4/c1-4-5-10(15-14)8(12)6-11(7(2)3)9(10)13/h7,14H,4-6H2,1-3H3. The van der Waals surface area contributed by atoms with Gasteiger partial charge in [-0.25, -0.2) is 4.89 Å². The number of amides is 1. The summed E-state index contributed by atoms with van der Waals surface area (Å²) in [5.74, 6) is -0.780. The van der Waals surface area contributed by atoms with Crippen molar-refractivity contribution in [1.29, 1.82) is 0 Å². The molecule has 1 unspecified atom stereocenters. The molecule has 1 N–H and O–H groups in total. The zero-order valence-corrected chi connectivity index (χ0v) is 9.32. The summed E-state index contributed by atoms with van der Waals surface area (Å²) in [5.41, 5.74) is -1.64. The lowest BCUT2D eigenvalue weighted by Gasteiger charge is -2.24. The van der Waals surface area contributed by atoms with Crippen LogP contribution in [0, 0.1) is 0 Å². The van der Waals surface area contributed by atoms with Gasteiger partial charge >= 0.3 is 0 Å². The molecule has 0 saturated carbocycles. The molecule has 0 spiro atoms. The molecular weight excluding hydrogens is 198 g/mol. The van der Waals surface area contributed by atoms with Crippen LogP contribution in [-0.2, 0) is 14.5 Å². The minimum atomic E-state index is -1.64. The number of ketones is 1. The van der Waals surface area contributed by atoms with E-state index < -0.39 is 11.5 Å². The Morgan fingerprint density at radius 3 is 2.47 bits per heavy atom. The predicted octanol–water partition coefficient (Wildman–Crippen LogP) is 0.835. The first-order chi connectivity index (χ1) is 6.99. The fourth-order valence-corrected chi connectivity index (χ4v) is 1.86. The molecule has 0 aromatic heterocycles. The number of nitrogens with zero attached hydrogens (tertiary/aromatic N) is 1. The van der Waals surface area contributed by atoms with Crippen LogP contribution in [0.4, 0.5) is 0 Å². The molecule has 0 aliphatic carbocycles. The summed E-state index contributed by atoms with van der Waals surface area (Å²) < 4.78 is 0. The highest BCUT2D eigenvalue weighted by atomic mass is 17.1. The van der Waals surface area contributed by atoms with Gasteiger partial charge in [0.15, 0.2) is 5.78 Å². The van der Waals surface area contributed by atoms with E-state index in [-0.39, 0.29) is 24.8 Å². The number of carbonyl (C=O) groups excluding carboxylic acids is 2. The highest BCUT2D eigenvalue weighted by Gasteiger charge is 2.55. The number of hydrogen-bond donors (Lipinski definition) is 1. The van der Waals surface area contributed by atoms with Gasteiger partial charge in [-0.1, -0.05) is 13.3 Å². The van der Waals surface area contributed by atoms with Gasteiger partial charge in [-0.15, -0.1) is 0 Å². The fraction of sp³-hybridized carbons (Fsp3) is 0.800. The van der Waals surface area contributed by atoms with E-state index in [0.717, 1.165) is 0 Å². The van der Waals surface area contributed by atoms with E-state index in [0.29, 0.717) is 6.42 Å². The van der Waals surface area contributed by atoms with Gasteiger partial charge in [-0.3, -0.25) is 14.8 Å². The monoisotopic (exact) mass is 215 g/mol. The molecule has 0 aromatic rings. The SMILES string of the molecule is CCCC1(OO)C(=O)CN(C(C)C)C1=O. The van der Waals surface area contributed by atoms with Crippen LogP contribution in [0.5, 0.6) is 0 Å². The molecule has 1 amide bonds. The van der Waals surface area contributed by atoms with Gasteiger partial charge in [-0.05, 0) is 20.3 Å². The number of Topliss-reactive ketones (excluding diaryl/α,β-unsaturated/α-hetero) is 1. The molecule has 15 heavy (non-hydrogen) atoms. The van der Waals surface area contributed by atoms with Gasteiger partial charge < -0.3 is 4.90 Å². The number of carbonyl (C=O) groups is 2. The average Bonchev–Trinajstić information content (AvgIpc) is 2.43. The third kappa shape index (κ3) is 1.77. The van der Waals surface area contributed by atoms with E-state index in [9.17, 15) is 9.59 Å². The molecule has 1 saturated heterocycles. The molecule has 0 aromatic carbocycles. The maximum absolute atomic E-state index is 11.9. The first kappa shape index (κ1) is 12.1. The lowest BCUT2D eigenvalue weighted by molar-refractivity contribution is -0.300. The Balaban J connectivity index is 2.99. The van der Waals surface area contributed by atoms with Crippen molar-refractivity contribution in [3.63, 3.8) is 0 Å². The summed E-state index contributed by atoms with van der Waals surface area (Å²) in [5, 5.41) is 8.82. The van der Waals surface area contributed by atoms with Crippen LogP contribution in [0.3, 0.4) is 0 Å². The maximum Gasteiger partial charge on any atom is 0.266 e. The molecule has 1 rings (SSSR count). The zero-order chi connectivity index (χ0) is 11.6. The Labute approximate surface area is 88.9 Å². The predicted molar refractivity (Wildman–Crippen MR) is 53.2 cm³/mol. The summed E-state index contributed by atoms with van der Waals surface area (Å²) in [7, 11) is 0. The van der Waals surface area contributed by atoms with E-state index in [1.807, 2.05) is 20.8 Å². The Kier molecular flexibility index (Phi) is 3.46. The molecular formula is C10H17NO4. The molecule has 0 bridgehead atoms. The van der Waals surface area contributed by atoms with Crippen molar-refractivity contribution < 1.29 is 19.7 Å². The topological polar surface area (TPSA) is 66.8 Å². The maximum atomic E-state index is 11.9. The van der Waals surface area contributed by atoms with Crippen LogP contribution in [0.25, 0.3) is 0 Å². The van der Waals surface area contributed by atoms with E-state index in [1.54, 1.807) is 0 Å². The largest absolute Gasteiger partial charge is 0.330 e. The minimum Gasteiger partial charge on any atom is -0.330 e. The lowest BCUT2D eigenvalue weighted by Crippen LogP contribution is -2.46.